The van der Waals surface area contributed by atoms with Gasteiger partial charge in [0, 0.05) is 13.1 Å². The number of benzene rings is 2. The third-order valence-electron chi connectivity index (χ3n) is 3.30. The molecule has 3 rings (SSSR count). The van der Waals surface area contributed by atoms with Gasteiger partial charge in [-0.3, -0.25) is 4.79 Å². The second kappa shape index (κ2) is 9.54. The molecule has 6 nitrogen and oxygen atoms in total. The molecule has 0 unspecified atom stereocenters. The number of nitrogens with one attached hydrogen (secondary N) is 1. The number of phenolic OH excluding ortho intramolecular Hbond substituents is 1. The number of morpholine rings is 1. The van der Waals surface area contributed by atoms with Crippen LogP contribution in [0.3, 0.4) is 0 Å². The van der Waals surface area contributed by atoms with Crippen LogP contribution < -0.4 is 10.1 Å². The minimum Gasteiger partial charge on any atom is -0.504 e. The molecule has 1 saturated heterocycles. The fourth-order valence-corrected chi connectivity index (χ4v) is 2.29. The first-order valence-corrected chi connectivity index (χ1v) is 7.33. The van der Waals surface area contributed by atoms with Gasteiger partial charge in [0.15, 0.2) is 17.6 Å². The molecule has 1 aliphatic heterocycles. The molecule has 0 aromatic heterocycles. The van der Waals surface area contributed by atoms with Crippen LogP contribution >= 0.6 is 0 Å². The van der Waals surface area contributed by atoms with Crippen LogP contribution in [0.15, 0.2) is 54.5 Å². The van der Waals surface area contributed by atoms with Crippen molar-refractivity contribution < 1.29 is 30.0 Å². The highest BCUT2D eigenvalue weighted by Crippen LogP contribution is 2.32. The zero-order valence-electron chi connectivity index (χ0n) is 16.9. The topological polar surface area (TPSA) is 88.0 Å². The number of aromatic hydroxyl groups is 1. The van der Waals surface area contributed by atoms with Gasteiger partial charge in [-0.05, 0) is 17.6 Å². The van der Waals surface area contributed by atoms with E-state index in [0.29, 0.717) is 13.2 Å². The maximum atomic E-state index is 10.2. The fourth-order valence-electron chi connectivity index (χ4n) is 2.29. The van der Waals surface area contributed by atoms with Crippen LogP contribution in [0.2, 0.25) is 0 Å². The Hall–Kier alpha value is -2.57. The predicted octanol–water partition coefficient (Wildman–Crippen LogP) is 2.20. The minimum absolute atomic E-state index is 0.250. The van der Waals surface area contributed by atoms with Crippen molar-refractivity contribution in [3.05, 3.63) is 60.1 Å². The quantitative estimate of drug-likeness (QED) is 0.743. The van der Waals surface area contributed by atoms with Crippen molar-refractivity contribution in [3.63, 3.8) is 0 Å². The highest BCUT2D eigenvalue weighted by molar-refractivity contribution is 5.38. The molecule has 2 aromatic rings. The Morgan fingerprint density at radius 3 is 2.71 bits per heavy atom. The van der Waals surface area contributed by atoms with Crippen molar-refractivity contribution in [1.29, 1.82) is 0 Å². The summed E-state index contributed by atoms with van der Waals surface area (Å²) in [7, 11) is 0. The number of carbonyl (C=O) groups is 1. The van der Waals surface area contributed by atoms with Gasteiger partial charge in [0.1, 0.15) is 6.10 Å². The molecule has 0 aliphatic carbocycles. The van der Waals surface area contributed by atoms with Crippen molar-refractivity contribution in [2.45, 2.75) is 12.2 Å². The average molecular weight is 335 g/mol. The van der Waals surface area contributed by atoms with Gasteiger partial charge in [-0.1, -0.05) is 42.4 Å². The Kier molecular flexibility index (Phi) is 5.09. The van der Waals surface area contributed by atoms with Crippen molar-refractivity contribution in [3.8, 4) is 11.5 Å². The lowest BCUT2D eigenvalue weighted by molar-refractivity contribution is -0.122. The summed E-state index contributed by atoms with van der Waals surface area (Å²) in [4.78, 5) is 8.36. The molecule has 0 radical (unpaired) electrons. The van der Waals surface area contributed by atoms with Crippen LogP contribution in [0.4, 0.5) is 0 Å². The van der Waals surface area contributed by atoms with E-state index in [4.69, 9.17) is 24.9 Å². The number of ether oxygens (including phenoxy) is 2. The highest BCUT2D eigenvalue weighted by atomic mass is 16.5. The van der Waals surface area contributed by atoms with Crippen LogP contribution in [-0.2, 0) is 9.53 Å². The van der Waals surface area contributed by atoms with Crippen molar-refractivity contribution in [1.82, 2.24) is 5.32 Å². The summed E-state index contributed by atoms with van der Waals surface area (Å²) in [5.74, 6) is -0.871. The lowest BCUT2D eigenvalue weighted by Crippen LogP contribution is -2.43. The monoisotopic (exact) mass is 335 g/mol. The van der Waals surface area contributed by atoms with Gasteiger partial charge in [0.25, 0.3) is 6.47 Å². The minimum atomic E-state index is -0.626. The Morgan fingerprint density at radius 1 is 1.33 bits per heavy atom. The van der Waals surface area contributed by atoms with Crippen LogP contribution in [0, 0.1) is 0 Å². The van der Waals surface area contributed by atoms with Gasteiger partial charge in [0.05, 0.1) is 12.1 Å². The highest BCUT2D eigenvalue weighted by Gasteiger charge is 2.28. The van der Waals surface area contributed by atoms with E-state index in [1.807, 2.05) is 30.3 Å². The molecule has 0 bridgehead atoms. The van der Waals surface area contributed by atoms with Gasteiger partial charge in [0.2, 0.25) is 0 Å². The maximum absolute atomic E-state index is 10.2. The van der Waals surface area contributed by atoms with Crippen molar-refractivity contribution in [2.75, 3.05) is 19.7 Å². The van der Waals surface area contributed by atoms with Crippen LogP contribution in [0.1, 0.15) is 17.2 Å². The lowest BCUT2D eigenvalue weighted by Gasteiger charge is -2.31. The maximum Gasteiger partial charge on any atom is 0.290 e. The Morgan fingerprint density at radius 2 is 2.04 bits per heavy atom. The van der Waals surface area contributed by atoms with Gasteiger partial charge < -0.3 is 25.0 Å². The molecular formula is C18H21NO5. The van der Waals surface area contributed by atoms with Gasteiger partial charge >= 0.3 is 0 Å². The molecule has 128 valence electrons. The summed E-state index contributed by atoms with van der Waals surface area (Å²) in [6, 6.07) is 7.39. The largest absolute Gasteiger partial charge is 0.504 e. The first-order chi connectivity index (χ1) is 13.4. The first-order valence-electron chi connectivity index (χ1n) is 9.33. The van der Waals surface area contributed by atoms with E-state index in [1.54, 1.807) is 0 Å². The van der Waals surface area contributed by atoms with Crippen LogP contribution in [0.25, 0.3) is 0 Å². The molecule has 1 heterocycles. The summed E-state index contributed by atoms with van der Waals surface area (Å²) in [5, 5.41) is 20.3. The van der Waals surface area contributed by atoms with Crippen molar-refractivity contribution in [2.24, 2.45) is 0 Å². The van der Waals surface area contributed by atoms with Gasteiger partial charge in [-0.25, -0.2) is 0 Å². The molecule has 2 aromatic carbocycles. The number of carboxylic acid groups (broad SMARTS) is 1. The average Bonchev–Trinajstić information content (AvgIpc) is 2.73. The number of phenols is 1. The number of para-hydroxylation sites is 2. The SMILES string of the molecule is O=CO.[2H]c1c([2H])c([2H])c(O[C@@H](c2ccccc2)[C@@H]2CNCCO2)c(O)c1[2H]. The molecule has 0 amide bonds. The molecule has 2 atom stereocenters. The lowest BCUT2D eigenvalue weighted by atomic mass is 10.0. The summed E-state index contributed by atoms with van der Waals surface area (Å²) in [5.41, 5.74) is 0.794. The predicted molar refractivity (Wildman–Crippen MR) is 89.2 cm³/mol. The molecular weight excluding hydrogens is 310 g/mol. The third kappa shape index (κ3) is 4.97. The summed E-state index contributed by atoms with van der Waals surface area (Å²) < 4.78 is 42.8. The van der Waals surface area contributed by atoms with E-state index < -0.39 is 36.0 Å². The van der Waals surface area contributed by atoms with Crippen molar-refractivity contribution >= 4 is 6.47 Å². The van der Waals surface area contributed by atoms with E-state index in [9.17, 15) is 5.11 Å². The van der Waals surface area contributed by atoms with E-state index >= 15 is 0 Å². The van der Waals surface area contributed by atoms with E-state index in [0.717, 1.165) is 12.1 Å². The second-order valence-corrected chi connectivity index (χ2v) is 4.85. The smallest absolute Gasteiger partial charge is 0.290 e. The molecule has 1 fully saturated rings. The number of rotatable bonds is 4. The zero-order chi connectivity index (χ0) is 20.7. The van der Waals surface area contributed by atoms with Gasteiger partial charge in [-0.2, -0.15) is 0 Å². The molecule has 3 N–H and O–H groups in total. The normalized spacial score (nSPS) is 20.2. The Labute approximate surface area is 146 Å². The van der Waals surface area contributed by atoms with E-state index in [2.05, 4.69) is 5.32 Å². The van der Waals surface area contributed by atoms with Crippen LogP contribution in [0.5, 0.6) is 11.5 Å². The van der Waals surface area contributed by atoms with Crippen LogP contribution in [-0.4, -0.2) is 42.5 Å². The summed E-state index contributed by atoms with van der Waals surface area (Å²) in [6.45, 7) is 1.52. The molecule has 6 heteroatoms. The fraction of sp³-hybridized carbons (Fsp3) is 0.278. The Balaban J connectivity index is 0.000000878. The Bertz CT molecular complexity index is 771. The molecule has 1 aliphatic rings. The summed E-state index contributed by atoms with van der Waals surface area (Å²) >= 11 is 0. The summed E-state index contributed by atoms with van der Waals surface area (Å²) in [6.07, 6.45) is -0.978. The number of hydrogen-bond donors (Lipinski definition) is 3. The van der Waals surface area contributed by atoms with E-state index in [1.165, 1.54) is 0 Å². The zero-order valence-corrected chi connectivity index (χ0v) is 12.9. The second-order valence-electron chi connectivity index (χ2n) is 4.85. The standard InChI is InChI=1S/C17H19NO3.CH2O2/c19-14-8-4-5-9-15(14)21-17(13-6-2-1-3-7-13)16-12-18-10-11-20-16;2-1-3/h1-9,16-19H,10-12H2;1H,(H,2,3)/t16-,17-;/m0./s1/i4D,5D,8D,9D;. The third-order valence-corrected chi connectivity index (χ3v) is 3.30. The molecule has 0 spiro atoms. The molecule has 0 saturated carbocycles. The first kappa shape index (κ1) is 12.8. The van der Waals surface area contributed by atoms with Gasteiger partial charge in [-0.15, -0.1) is 0 Å². The molecule has 24 heavy (non-hydrogen) atoms. The number of hydrogen-bond acceptors (Lipinski definition) is 5. The van der Waals surface area contributed by atoms with E-state index in [-0.39, 0.29) is 18.3 Å².